The molecule has 58 heavy (non-hydrogen) atoms. The van der Waals surface area contributed by atoms with E-state index in [1.165, 1.54) is 66.1 Å². The van der Waals surface area contributed by atoms with E-state index in [4.69, 9.17) is 14.5 Å². The van der Waals surface area contributed by atoms with Crippen molar-refractivity contribution in [3.63, 3.8) is 0 Å². The predicted molar refractivity (Wildman–Crippen MR) is 204 cm³/mol. The van der Waals surface area contributed by atoms with Gasteiger partial charge < -0.3 is 29.6 Å². The fourth-order valence-electron chi connectivity index (χ4n) is 8.12. The molecule has 0 radical (unpaired) electrons. The Morgan fingerprint density at radius 1 is 1.02 bits per heavy atom. The predicted octanol–water partition coefficient (Wildman–Crippen LogP) is 5.92. The minimum absolute atomic E-state index is 0.0725. The second kappa shape index (κ2) is 14.2. The first kappa shape index (κ1) is 38.5. The molecule has 16 heteroatoms. The van der Waals surface area contributed by atoms with Gasteiger partial charge >= 0.3 is 24.1 Å². The maximum Gasteiger partial charge on any atom is 0.438 e. The van der Waals surface area contributed by atoms with Crippen LogP contribution in [0, 0.1) is 5.92 Å². The SMILES string of the molecule is CCOC(=O)C1C(c2ccc(N=Cc3c4c(nc5ccccc35)-c3cc5c(c(=O)n3C4)COC(=O)CC5(O)CC)cc2)NC(=O)N(c2ccccc2)C1(O)C(F)(F)F. The molecule has 0 saturated carbocycles. The molecule has 13 nitrogen and oxygen atoms in total. The molecule has 3 aliphatic rings. The number of para-hydroxylation sites is 2. The van der Waals surface area contributed by atoms with Crippen molar-refractivity contribution in [3.05, 3.63) is 123 Å². The van der Waals surface area contributed by atoms with Crippen LogP contribution in [0.4, 0.5) is 29.3 Å². The summed E-state index contributed by atoms with van der Waals surface area (Å²) in [6, 6.07) is 18.6. The van der Waals surface area contributed by atoms with Crippen LogP contribution in [0.15, 0.2) is 94.7 Å². The van der Waals surface area contributed by atoms with Gasteiger partial charge in [-0.25, -0.2) is 9.78 Å². The molecule has 0 spiro atoms. The Bertz CT molecular complexity index is 2580. The zero-order chi connectivity index (χ0) is 41.1. The molecule has 8 rings (SSSR count). The number of esters is 2. The maximum atomic E-state index is 15.0. The van der Waals surface area contributed by atoms with Crippen LogP contribution in [0.3, 0.4) is 0 Å². The molecule has 298 valence electrons. The fraction of sp³-hybridized carbons (Fsp3) is 0.286. The summed E-state index contributed by atoms with van der Waals surface area (Å²) in [5.41, 5.74) is -2.54. The number of hydrogen-bond donors (Lipinski definition) is 3. The van der Waals surface area contributed by atoms with Crippen LogP contribution >= 0.6 is 0 Å². The number of aromatic nitrogens is 2. The van der Waals surface area contributed by atoms with Gasteiger partial charge in [0.05, 0.1) is 53.8 Å². The molecule has 2 aromatic heterocycles. The number of aliphatic imine (C=N–C) groups is 1. The number of amides is 2. The number of nitrogens with one attached hydrogen (secondary N) is 1. The number of hydrogen-bond acceptors (Lipinski definition) is 10. The lowest BCUT2D eigenvalue weighted by atomic mass is 9.80. The number of alkyl halides is 3. The molecule has 3 aromatic carbocycles. The van der Waals surface area contributed by atoms with Crippen molar-refractivity contribution in [2.24, 2.45) is 10.9 Å². The molecule has 1 saturated heterocycles. The number of fused-ring (bicyclic) bond motifs is 5. The van der Waals surface area contributed by atoms with E-state index in [1.807, 2.05) is 18.2 Å². The first-order valence-electron chi connectivity index (χ1n) is 18.5. The quantitative estimate of drug-likeness (QED) is 0.131. The molecular formula is C42H36F3N5O8. The van der Waals surface area contributed by atoms with Crippen molar-refractivity contribution in [1.29, 1.82) is 0 Å². The van der Waals surface area contributed by atoms with Crippen molar-refractivity contribution in [3.8, 4) is 11.4 Å². The van der Waals surface area contributed by atoms with E-state index in [0.29, 0.717) is 39.3 Å². The third-order valence-corrected chi connectivity index (χ3v) is 11.1. The number of halogens is 3. The van der Waals surface area contributed by atoms with Crippen molar-refractivity contribution >= 4 is 46.5 Å². The number of aliphatic hydroxyl groups is 2. The van der Waals surface area contributed by atoms with Crippen molar-refractivity contribution in [2.75, 3.05) is 11.5 Å². The summed E-state index contributed by atoms with van der Waals surface area (Å²) in [7, 11) is 0. The molecular weight excluding hydrogens is 759 g/mol. The lowest BCUT2D eigenvalue weighted by Gasteiger charge is -2.50. The second-order valence-electron chi connectivity index (χ2n) is 14.3. The number of ether oxygens (including phenoxy) is 2. The van der Waals surface area contributed by atoms with Crippen molar-refractivity contribution in [1.82, 2.24) is 14.9 Å². The molecule has 3 N–H and O–H groups in total. The number of anilines is 1. The number of carbonyl (C=O) groups is 3. The van der Waals surface area contributed by atoms with Gasteiger partial charge in [-0.2, -0.15) is 13.2 Å². The summed E-state index contributed by atoms with van der Waals surface area (Å²) in [4.78, 5) is 62.8. The van der Waals surface area contributed by atoms with Crippen LogP contribution < -0.4 is 15.8 Å². The Kier molecular flexibility index (Phi) is 9.43. The van der Waals surface area contributed by atoms with Gasteiger partial charge in [0, 0.05) is 28.4 Å². The number of urea groups is 1. The average Bonchev–Trinajstić information content (AvgIpc) is 3.51. The highest BCUT2D eigenvalue weighted by Gasteiger charge is 2.71. The molecule has 1 fully saturated rings. The molecule has 3 aliphatic heterocycles. The highest BCUT2D eigenvalue weighted by molar-refractivity contribution is 6.03. The molecule has 4 atom stereocenters. The standard InChI is InChI=1S/C42H36F3N5O8/c1-3-40(55)19-33(51)58-22-29-30(40)18-32-36-28(21-49(32)37(29)52)27(26-12-8-9-13-31(26)47-36)20-46-24-16-14-23(15-17-24)35-34(38(53)57-4-2)41(56,42(43,44)45)50(39(54)48-35)25-10-6-5-7-11-25/h5-18,20,34-35,55-56H,3-4,19,21-22H2,1-2H3,(H,48,54). The van der Waals surface area contributed by atoms with E-state index in [1.54, 1.807) is 25.3 Å². The third-order valence-electron chi connectivity index (χ3n) is 11.1. The van der Waals surface area contributed by atoms with E-state index < -0.39 is 53.0 Å². The van der Waals surface area contributed by atoms with Gasteiger partial charge in [-0.3, -0.25) is 24.3 Å². The van der Waals surface area contributed by atoms with Gasteiger partial charge in [0.25, 0.3) is 11.3 Å². The lowest BCUT2D eigenvalue weighted by molar-refractivity contribution is -0.282. The smallest absolute Gasteiger partial charge is 0.438 e. The second-order valence-corrected chi connectivity index (χ2v) is 14.3. The number of rotatable bonds is 7. The first-order chi connectivity index (χ1) is 27.7. The van der Waals surface area contributed by atoms with Crippen LogP contribution in [-0.4, -0.2) is 62.5 Å². The number of cyclic esters (lactones) is 1. The molecule has 2 amide bonds. The van der Waals surface area contributed by atoms with Gasteiger partial charge in [-0.1, -0.05) is 55.5 Å². The van der Waals surface area contributed by atoms with E-state index in [-0.39, 0.29) is 54.3 Å². The normalized spacial score (nSPS) is 22.8. The number of pyridine rings is 2. The Morgan fingerprint density at radius 2 is 1.72 bits per heavy atom. The van der Waals surface area contributed by atoms with E-state index in [2.05, 4.69) is 10.3 Å². The molecule has 5 aromatic rings. The topological polar surface area (TPSA) is 173 Å². The number of nitrogens with zero attached hydrogens (tertiary/aromatic N) is 4. The van der Waals surface area contributed by atoms with E-state index in [0.717, 1.165) is 5.39 Å². The Labute approximate surface area is 328 Å². The van der Waals surface area contributed by atoms with Crippen molar-refractivity contribution < 1.29 is 47.2 Å². The monoisotopic (exact) mass is 795 g/mol. The fourth-order valence-corrected chi connectivity index (χ4v) is 8.12. The van der Waals surface area contributed by atoms with Gasteiger partial charge in [0.1, 0.15) is 18.1 Å². The number of benzene rings is 3. The summed E-state index contributed by atoms with van der Waals surface area (Å²) in [5.74, 6) is -4.32. The van der Waals surface area contributed by atoms with Crippen molar-refractivity contribution in [2.45, 2.75) is 63.4 Å². The Balaban J connectivity index is 1.17. The van der Waals surface area contributed by atoms with Crippen LogP contribution in [0.1, 0.15) is 60.5 Å². The van der Waals surface area contributed by atoms with Gasteiger partial charge in [0.2, 0.25) is 0 Å². The highest BCUT2D eigenvalue weighted by atomic mass is 19.4. The molecule has 0 bridgehead atoms. The zero-order valence-corrected chi connectivity index (χ0v) is 31.1. The van der Waals surface area contributed by atoms with Crippen LogP contribution in [-0.2, 0) is 37.8 Å². The Hall–Kier alpha value is -6.39. The summed E-state index contributed by atoms with van der Waals surface area (Å²) >= 11 is 0. The molecule has 4 unspecified atom stereocenters. The van der Waals surface area contributed by atoms with E-state index >= 15 is 13.2 Å². The maximum absolute atomic E-state index is 15.0. The summed E-state index contributed by atoms with van der Waals surface area (Å²) in [6.45, 7) is 2.68. The summed E-state index contributed by atoms with van der Waals surface area (Å²) < 4.78 is 56.9. The average molecular weight is 796 g/mol. The molecule has 5 heterocycles. The largest absolute Gasteiger partial charge is 0.466 e. The lowest BCUT2D eigenvalue weighted by Crippen LogP contribution is -2.74. The van der Waals surface area contributed by atoms with Crippen LogP contribution in [0.2, 0.25) is 0 Å². The highest BCUT2D eigenvalue weighted by Crippen LogP contribution is 2.49. The zero-order valence-electron chi connectivity index (χ0n) is 31.1. The van der Waals surface area contributed by atoms with Crippen LogP contribution in [0.25, 0.3) is 22.3 Å². The summed E-state index contributed by atoms with van der Waals surface area (Å²) in [5, 5.41) is 26.3. The minimum atomic E-state index is -5.50. The number of carbonyl (C=O) groups excluding carboxylic acids is 3. The summed E-state index contributed by atoms with van der Waals surface area (Å²) in [6.07, 6.45) is -4.05. The van der Waals surface area contributed by atoms with Gasteiger partial charge in [-0.05, 0) is 60.9 Å². The van der Waals surface area contributed by atoms with Crippen LogP contribution in [0.5, 0.6) is 0 Å². The van der Waals surface area contributed by atoms with E-state index in [9.17, 15) is 29.4 Å². The molecule has 0 aliphatic carbocycles. The third kappa shape index (κ3) is 6.10. The Morgan fingerprint density at radius 3 is 2.41 bits per heavy atom. The van der Waals surface area contributed by atoms with Gasteiger partial charge in [-0.15, -0.1) is 0 Å². The van der Waals surface area contributed by atoms with Gasteiger partial charge in [0.15, 0.2) is 0 Å². The first-order valence-corrected chi connectivity index (χ1v) is 18.5. The minimum Gasteiger partial charge on any atom is -0.466 e.